The fourth-order valence-corrected chi connectivity index (χ4v) is 2.31. The fraction of sp³-hybridized carbons (Fsp3) is 0.188. The van der Waals surface area contributed by atoms with Gasteiger partial charge in [0.15, 0.2) is 0 Å². The third-order valence-corrected chi connectivity index (χ3v) is 3.18. The number of carboxylic acids is 1. The molecule has 0 unspecified atom stereocenters. The summed E-state index contributed by atoms with van der Waals surface area (Å²) in [6.07, 6.45) is 0. The maximum atomic E-state index is 13.2. The lowest BCUT2D eigenvalue weighted by Crippen LogP contribution is -2.19. The first kappa shape index (κ1) is 15.0. The summed E-state index contributed by atoms with van der Waals surface area (Å²) < 4.78 is 13.2. The van der Waals surface area contributed by atoms with Crippen LogP contribution in [0.3, 0.4) is 0 Å². The van der Waals surface area contributed by atoms with Crippen molar-refractivity contribution in [3.8, 4) is 0 Å². The molecule has 0 atom stereocenters. The Bertz CT molecular complexity index is 658. The molecule has 0 saturated heterocycles. The smallest absolute Gasteiger partial charge is 0.338 e. The minimum atomic E-state index is -1.04. The van der Waals surface area contributed by atoms with Crippen molar-refractivity contribution in [2.24, 2.45) is 0 Å². The van der Waals surface area contributed by atoms with Crippen LogP contribution in [0.15, 0.2) is 42.5 Å². The summed E-state index contributed by atoms with van der Waals surface area (Å²) >= 11 is 0. The van der Waals surface area contributed by atoms with Crippen molar-refractivity contribution in [1.82, 2.24) is 4.90 Å². The van der Waals surface area contributed by atoms with Crippen molar-refractivity contribution in [3.05, 3.63) is 65.0 Å². The van der Waals surface area contributed by atoms with Gasteiger partial charge >= 0.3 is 5.97 Å². The number of hydrogen-bond acceptors (Lipinski definition) is 3. The minimum absolute atomic E-state index is 0.128. The number of nitrogen functional groups attached to an aromatic ring is 1. The van der Waals surface area contributed by atoms with E-state index in [1.807, 2.05) is 18.0 Å². The second-order valence-corrected chi connectivity index (χ2v) is 4.99. The molecule has 0 heterocycles. The van der Waals surface area contributed by atoms with Crippen LogP contribution in [0, 0.1) is 5.82 Å². The van der Waals surface area contributed by atoms with Crippen LogP contribution in [0.25, 0.3) is 0 Å². The molecule has 0 amide bonds. The second-order valence-electron chi connectivity index (χ2n) is 4.99. The van der Waals surface area contributed by atoms with Gasteiger partial charge in [0.05, 0.1) is 5.56 Å². The number of nitrogens with zero attached hydrogens (tertiary/aromatic N) is 1. The summed E-state index contributed by atoms with van der Waals surface area (Å²) in [5, 5.41) is 9.24. The molecule has 0 bridgehead atoms. The zero-order valence-electron chi connectivity index (χ0n) is 11.7. The Labute approximate surface area is 122 Å². The highest BCUT2D eigenvalue weighted by Gasteiger charge is 2.15. The van der Waals surface area contributed by atoms with Gasteiger partial charge in [-0.1, -0.05) is 24.3 Å². The van der Waals surface area contributed by atoms with Crippen molar-refractivity contribution in [3.63, 3.8) is 0 Å². The zero-order valence-corrected chi connectivity index (χ0v) is 11.7. The average Bonchev–Trinajstić information content (AvgIpc) is 2.37. The Morgan fingerprint density at radius 1 is 1.24 bits per heavy atom. The number of carbonyl (C=O) groups is 1. The molecule has 5 heteroatoms. The van der Waals surface area contributed by atoms with Crippen molar-refractivity contribution in [1.29, 1.82) is 0 Å². The van der Waals surface area contributed by atoms with Gasteiger partial charge in [0.1, 0.15) is 5.82 Å². The van der Waals surface area contributed by atoms with Crippen LogP contribution in [0.2, 0.25) is 0 Å². The van der Waals surface area contributed by atoms with E-state index in [2.05, 4.69) is 0 Å². The number of benzene rings is 2. The van der Waals surface area contributed by atoms with Crippen LogP contribution < -0.4 is 5.73 Å². The predicted molar refractivity (Wildman–Crippen MR) is 79.4 cm³/mol. The molecular formula is C16H17FN2O2. The molecule has 0 aliphatic heterocycles. The van der Waals surface area contributed by atoms with Gasteiger partial charge in [0, 0.05) is 18.8 Å². The molecule has 110 valence electrons. The average molecular weight is 288 g/mol. The fourth-order valence-electron chi connectivity index (χ4n) is 2.31. The molecule has 0 radical (unpaired) electrons. The second kappa shape index (κ2) is 6.37. The molecule has 0 fully saturated rings. The number of aromatic carboxylic acids is 1. The Hall–Kier alpha value is -2.40. The SMILES string of the molecule is CN(Cc1cccc(F)c1)Cc1cccc(N)c1C(=O)O. The van der Waals surface area contributed by atoms with Gasteiger partial charge in [-0.15, -0.1) is 0 Å². The standard InChI is InChI=1S/C16H17FN2O2/c1-19(9-11-4-2-6-13(17)8-11)10-12-5-3-7-14(18)15(12)16(20)21/h2-8H,9-10,18H2,1H3,(H,20,21). The molecule has 2 aromatic rings. The zero-order chi connectivity index (χ0) is 15.4. The van der Waals surface area contributed by atoms with Gasteiger partial charge in [0.25, 0.3) is 0 Å². The van der Waals surface area contributed by atoms with E-state index in [9.17, 15) is 14.3 Å². The lowest BCUT2D eigenvalue weighted by molar-refractivity contribution is 0.0696. The maximum absolute atomic E-state index is 13.2. The molecule has 0 aromatic heterocycles. The van der Waals surface area contributed by atoms with E-state index in [0.717, 1.165) is 5.56 Å². The first-order valence-corrected chi connectivity index (χ1v) is 6.51. The first-order chi connectivity index (χ1) is 9.97. The number of carboxylic acid groups (broad SMARTS) is 1. The van der Waals surface area contributed by atoms with E-state index >= 15 is 0 Å². The molecule has 21 heavy (non-hydrogen) atoms. The largest absolute Gasteiger partial charge is 0.478 e. The highest BCUT2D eigenvalue weighted by atomic mass is 19.1. The van der Waals surface area contributed by atoms with E-state index in [4.69, 9.17) is 5.73 Å². The van der Waals surface area contributed by atoms with Crippen LogP contribution in [0.5, 0.6) is 0 Å². The summed E-state index contributed by atoms with van der Waals surface area (Å²) in [6, 6.07) is 11.4. The lowest BCUT2D eigenvalue weighted by atomic mass is 10.0. The molecule has 4 nitrogen and oxygen atoms in total. The van der Waals surface area contributed by atoms with E-state index in [1.165, 1.54) is 12.1 Å². The third kappa shape index (κ3) is 3.79. The van der Waals surface area contributed by atoms with Gasteiger partial charge in [-0.25, -0.2) is 9.18 Å². The van der Waals surface area contributed by atoms with Crippen LogP contribution in [-0.4, -0.2) is 23.0 Å². The highest BCUT2D eigenvalue weighted by Crippen LogP contribution is 2.19. The normalized spacial score (nSPS) is 10.8. The van der Waals surface area contributed by atoms with Crippen molar-refractivity contribution in [2.75, 3.05) is 12.8 Å². The van der Waals surface area contributed by atoms with Crippen molar-refractivity contribution >= 4 is 11.7 Å². The number of rotatable bonds is 5. The molecule has 3 N–H and O–H groups in total. The topological polar surface area (TPSA) is 66.6 Å². The Morgan fingerprint density at radius 2 is 1.95 bits per heavy atom. The molecule has 2 aromatic carbocycles. The van der Waals surface area contributed by atoms with Crippen LogP contribution in [-0.2, 0) is 13.1 Å². The molecule has 0 aliphatic rings. The number of nitrogens with two attached hydrogens (primary N) is 1. The summed E-state index contributed by atoms with van der Waals surface area (Å²) in [4.78, 5) is 13.2. The van der Waals surface area contributed by atoms with Crippen LogP contribution in [0.1, 0.15) is 21.5 Å². The number of hydrogen-bond donors (Lipinski definition) is 2. The quantitative estimate of drug-likeness (QED) is 0.830. The Balaban J connectivity index is 2.15. The van der Waals surface area contributed by atoms with Crippen molar-refractivity contribution < 1.29 is 14.3 Å². The maximum Gasteiger partial charge on any atom is 0.338 e. The molecular weight excluding hydrogens is 271 g/mol. The monoisotopic (exact) mass is 288 g/mol. The summed E-state index contributed by atoms with van der Waals surface area (Å²) in [6.45, 7) is 0.939. The molecule has 2 rings (SSSR count). The third-order valence-electron chi connectivity index (χ3n) is 3.18. The van der Waals surface area contributed by atoms with Gasteiger partial charge in [-0.05, 0) is 36.4 Å². The van der Waals surface area contributed by atoms with E-state index < -0.39 is 5.97 Å². The Kier molecular flexibility index (Phi) is 4.55. The molecule has 0 aliphatic carbocycles. The van der Waals surface area contributed by atoms with E-state index in [1.54, 1.807) is 24.3 Å². The predicted octanol–water partition coefficient (Wildman–Crippen LogP) is 2.74. The summed E-state index contributed by atoms with van der Waals surface area (Å²) in [7, 11) is 1.85. The molecule has 0 saturated carbocycles. The van der Waals surface area contributed by atoms with Gasteiger partial charge in [-0.3, -0.25) is 4.90 Å². The van der Waals surface area contributed by atoms with Crippen LogP contribution >= 0.6 is 0 Å². The highest BCUT2D eigenvalue weighted by molar-refractivity contribution is 5.95. The summed E-state index contributed by atoms with van der Waals surface area (Å²) in [5.41, 5.74) is 7.57. The minimum Gasteiger partial charge on any atom is -0.478 e. The first-order valence-electron chi connectivity index (χ1n) is 6.51. The van der Waals surface area contributed by atoms with Gasteiger partial charge in [0.2, 0.25) is 0 Å². The van der Waals surface area contributed by atoms with Crippen LogP contribution in [0.4, 0.5) is 10.1 Å². The summed E-state index contributed by atoms with van der Waals surface area (Å²) in [5.74, 6) is -1.32. The number of halogens is 1. The van der Waals surface area contributed by atoms with Gasteiger partial charge < -0.3 is 10.8 Å². The van der Waals surface area contributed by atoms with Crippen molar-refractivity contribution in [2.45, 2.75) is 13.1 Å². The Morgan fingerprint density at radius 3 is 2.62 bits per heavy atom. The van der Waals surface area contributed by atoms with E-state index in [-0.39, 0.29) is 17.1 Å². The number of anilines is 1. The molecule has 0 spiro atoms. The van der Waals surface area contributed by atoms with Gasteiger partial charge in [-0.2, -0.15) is 0 Å². The van der Waals surface area contributed by atoms with E-state index in [0.29, 0.717) is 18.7 Å². The lowest BCUT2D eigenvalue weighted by Gasteiger charge is -2.18.